The number of anilines is 1. The van der Waals surface area contributed by atoms with Crippen molar-refractivity contribution >= 4 is 17.4 Å². The molecule has 2 aromatic rings. The zero-order chi connectivity index (χ0) is 16.5. The molecule has 5 nitrogen and oxygen atoms in total. The van der Waals surface area contributed by atoms with E-state index in [1.807, 2.05) is 12.1 Å². The van der Waals surface area contributed by atoms with Crippen molar-refractivity contribution < 1.29 is 14.3 Å². The van der Waals surface area contributed by atoms with Crippen molar-refractivity contribution in [1.82, 2.24) is 4.98 Å². The summed E-state index contributed by atoms with van der Waals surface area (Å²) in [5.41, 5.74) is 4.35. The van der Waals surface area contributed by atoms with Gasteiger partial charge >= 0.3 is 5.97 Å². The van der Waals surface area contributed by atoms with E-state index in [1.165, 1.54) is 6.07 Å². The maximum Gasteiger partial charge on any atom is 0.303 e. The number of nitrogens with zero attached hydrogens (tertiary/aromatic N) is 2. The summed E-state index contributed by atoms with van der Waals surface area (Å²) in [5, 5.41) is 12.9. The molecule has 0 fully saturated rings. The first kappa shape index (κ1) is 16.6. The second-order valence-electron chi connectivity index (χ2n) is 4.97. The second-order valence-corrected chi connectivity index (χ2v) is 4.97. The molecule has 0 saturated heterocycles. The highest BCUT2D eigenvalue weighted by molar-refractivity contribution is 5.99. The number of aliphatic carboxylic acids is 1. The number of hydrazone groups is 1. The van der Waals surface area contributed by atoms with Crippen molar-refractivity contribution in [3.63, 3.8) is 0 Å². The molecule has 2 rings (SSSR count). The van der Waals surface area contributed by atoms with Crippen LogP contribution in [0.25, 0.3) is 0 Å². The zero-order valence-electron chi connectivity index (χ0n) is 12.6. The predicted octanol–water partition coefficient (Wildman–Crippen LogP) is 3.68. The van der Waals surface area contributed by atoms with E-state index in [4.69, 9.17) is 5.11 Å². The van der Waals surface area contributed by atoms with Crippen LogP contribution in [-0.2, 0) is 4.79 Å². The summed E-state index contributed by atoms with van der Waals surface area (Å²) in [5.74, 6) is -1.20. The third-order valence-electron chi connectivity index (χ3n) is 3.20. The number of aromatic nitrogens is 1. The lowest BCUT2D eigenvalue weighted by Gasteiger charge is -2.08. The van der Waals surface area contributed by atoms with E-state index in [1.54, 1.807) is 30.5 Å². The Morgan fingerprint density at radius 2 is 1.87 bits per heavy atom. The fourth-order valence-corrected chi connectivity index (χ4v) is 2.02. The summed E-state index contributed by atoms with van der Waals surface area (Å²) in [6, 6.07) is 11.7. The van der Waals surface area contributed by atoms with E-state index in [0.29, 0.717) is 30.7 Å². The van der Waals surface area contributed by atoms with Crippen LogP contribution in [0.1, 0.15) is 31.4 Å². The highest BCUT2D eigenvalue weighted by Gasteiger charge is 2.07. The van der Waals surface area contributed by atoms with Crippen LogP contribution in [0.2, 0.25) is 0 Å². The number of carbonyl (C=O) groups is 1. The number of benzene rings is 1. The number of pyridine rings is 1. The van der Waals surface area contributed by atoms with Gasteiger partial charge in [0.2, 0.25) is 0 Å². The highest BCUT2D eigenvalue weighted by atomic mass is 19.1. The van der Waals surface area contributed by atoms with Crippen LogP contribution >= 0.6 is 0 Å². The van der Waals surface area contributed by atoms with Crippen LogP contribution in [0.15, 0.2) is 53.8 Å². The molecule has 0 unspecified atom stereocenters. The van der Waals surface area contributed by atoms with E-state index in [0.717, 1.165) is 0 Å². The minimum Gasteiger partial charge on any atom is -0.481 e. The van der Waals surface area contributed by atoms with Crippen molar-refractivity contribution in [3.8, 4) is 0 Å². The Bertz CT molecular complexity index is 675. The van der Waals surface area contributed by atoms with Gasteiger partial charge < -0.3 is 5.11 Å². The molecule has 0 radical (unpaired) electrons. The third-order valence-corrected chi connectivity index (χ3v) is 3.20. The molecule has 2 N–H and O–H groups in total. The summed E-state index contributed by atoms with van der Waals surface area (Å²) in [7, 11) is 0. The Morgan fingerprint density at radius 1 is 1.13 bits per heavy atom. The van der Waals surface area contributed by atoms with Gasteiger partial charge in [0.1, 0.15) is 5.82 Å². The Hall–Kier alpha value is -2.76. The monoisotopic (exact) mass is 315 g/mol. The van der Waals surface area contributed by atoms with E-state index in [9.17, 15) is 9.18 Å². The molecule has 0 spiro atoms. The van der Waals surface area contributed by atoms with Gasteiger partial charge in [0.05, 0.1) is 17.1 Å². The normalized spacial score (nSPS) is 11.3. The average Bonchev–Trinajstić information content (AvgIpc) is 2.56. The number of unbranched alkanes of at least 4 members (excludes halogenated alkanes) is 1. The summed E-state index contributed by atoms with van der Waals surface area (Å²) < 4.78 is 13.6. The van der Waals surface area contributed by atoms with Crippen molar-refractivity contribution in [3.05, 3.63) is 60.2 Å². The number of carboxylic acids is 1. The van der Waals surface area contributed by atoms with E-state index < -0.39 is 5.97 Å². The number of rotatable bonds is 8. The standard InChI is InChI=1S/C17H18FN3O2/c18-13-7-1-2-8-14(13)20-21-16(10-3-4-11-17(22)23)15-9-5-6-12-19-15/h1-2,5-9,12,20H,3-4,10-11H2,(H,22,23). The number of halogens is 1. The lowest BCUT2D eigenvalue weighted by atomic mass is 10.1. The van der Waals surface area contributed by atoms with Crippen LogP contribution < -0.4 is 5.43 Å². The second kappa shape index (κ2) is 8.63. The molecule has 23 heavy (non-hydrogen) atoms. The summed E-state index contributed by atoms with van der Waals surface area (Å²) in [6.45, 7) is 0. The molecule has 1 aromatic carbocycles. The number of hydrogen-bond donors (Lipinski definition) is 2. The highest BCUT2D eigenvalue weighted by Crippen LogP contribution is 2.14. The van der Waals surface area contributed by atoms with Gasteiger partial charge in [-0.25, -0.2) is 4.39 Å². The lowest BCUT2D eigenvalue weighted by Crippen LogP contribution is -2.07. The van der Waals surface area contributed by atoms with Gasteiger partial charge in [-0.15, -0.1) is 0 Å². The smallest absolute Gasteiger partial charge is 0.303 e. The SMILES string of the molecule is O=C(O)CCCCC(=NNc1ccccc1F)c1ccccn1. The van der Waals surface area contributed by atoms with Gasteiger partial charge in [-0.1, -0.05) is 18.2 Å². The van der Waals surface area contributed by atoms with Gasteiger partial charge in [0.25, 0.3) is 0 Å². The van der Waals surface area contributed by atoms with Gasteiger partial charge in [0.15, 0.2) is 0 Å². The fraction of sp³-hybridized carbons (Fsp3) is 0.235. The first-order chi connectivity index (χ1) is 11.2. The Balaban J connectivity index is 2.08. The van der Waals surface area contributed by atoms with Crippen LogP contribution in [0.3, 0.4) is 0 Å². The zero-order valence-corrected chi connectivity index (χ0v) is 12.6. The van der Waals surface area contributed by atoms with E-state index >= 15 is 0 Å². The fourth-order valence-electron chi connectivity index (χ4n) is 2.02. The molecule has 1 heterocycles. The summed E-state index contributed by atoms with van der Waals surface area (Å²) in [4.78, 5) is 14.8. The number of para-hydroxylation sites is 1. The molecule has 0 amide bonds. The summed E-state index contributed by atoms with van der Waals surface area (Å²) in [6.07, 6.45) is 3.56. The molecule has 0 aliphatic rings. The van der Waals surface area contributed by atoms with Crippen molar-refractivity contribution in [2.45, 2.75) is 25.7 Å². The minimum atomic E-state index is -0.814. The molecular formula is C17H18FN3O2. The van der Waals surface area contributed by atoms with Gasteiger partial charge in [-0.2, -0.15) is 5.10 Å². The first-order valence-corrected chi connectivity index (χ1v) is 7.37. The van der Waals surface area contributed by atoms with Crippen molar-refractivity contribution in [2.75, 3.05) is 5.43 Å². The molecule has 0 aliphatic carbocycles. The average molecular weight is 315 g/mol. The maximum atomic E-state index is 13.6. The molecular weight excluding hydrogens is 297 g/mol. The molecule has 0 bridgehead atoms. The molecule has 0 aliphatic heterocycles. The molecule has 1 aromatic heterocycles. The largest absolute Gasteiger partial charge is 0.481 e. The quantitative estimate of drug-likeness (QED) is 0.443. The lowest BCUT2D eigenvalue weighted by molar-refractivity contribution is -0.137. The van der Waals surface area contributed by atoms with Crippen LogP contribution in [-0.4, -0.2) is 21.8 Å². The molecule has 120 valence electrons. The topological polar surface area (TPSA) is 74.6 Å². The first-order valence-electron chi connectivity index (χ1n) is 7.37. The van der Waals surface area contributed by atoms with Crippen LogP contribution in [0.4, 0.5) is 10.1 Å². The Kier molecular flexibility index (Phi) is 6.23. The van der Waals surface area contributed by atoms with Crippen LogP contribution in [0, 0.1) is 5.82 Å². The van der Waals surface area contributed by atoms with E-state index in [-0.39, 0.29) is 17.9 Å². The van der Waals surface area contributed by atoms with Crippen molar-refractivity contribution in [2.24, 2.45) is 5.10 Å². The summed E-state index contributed by atoms with van der Waals surface area (Å²) >= 11 is 0. The maximum absolute atomic E-state index is 13.6. The van der Waals surface area contributed by atoms with E-state index in [2.05, 4.69) is 15.5 Å². The predicted molar refractivity (Wildman–Crippen MR) is 86.9 cm³/mol. The van der Waals surface area contributed by atoms with Crippen LogP contribution in [0.5, 0.6) is 0 Å². The Morgan fingerprint density at radius 3 is 2.57 bits per heavy atom. The third kappa shape index (κ3) is 5.50. The molecule has 6 heteroatoms. The number of nitrogens with one attached hydrogen (secondary N) is 1. The number of carboxylic acid groups (broad SMARTS) is 1. The van der Waals surface area contributed by atoms with Gasteiger partial charge in [0, 0.05) is 12.6 Å². The van der Waals surface area contributed by atoms with Gasteiger partial charge in [-0.05, 0) is 43.5 Å². The number of hydrogen-bond acceptors (Lipinski definition) is 4. The molecule has 0 atom stereocenters. The van der Waals surface area contributed by atoms with Gasteiger partial charge in [-0.3, -0.25) is 15.2 Å². The molecule has 0 saturated carbocycles. The van der Waals surface area contributed by atoms with Crippen molar-refractivity contribution in [1.29, 1.82) is 0 Å². The minimum absolute atomic E-state index is 0.121. The Labute approximate surface area is 133 Å².